The third kappa shape index (κ3) is 3.26. The fourth-order valence-electron chi connectivity index (χ4n) is 2.58. The van der Waals surface area contributed by atoms with Crippen molar-refractivity contribution in [2.24, 2.45) is 11.7 Å². The summed E-state index contributed by atoms with van der Waals surface area (Å²) in [6, 6.07) is 4.57. The second-order valence-electron chi connectivity index (χ2n) is 5.45. The minimum Gasteiger partial charge on any atom is -0.377 e. The first-order valence-electron chi connectivity index (χ1n) is 6.82. The van der Waals surface area contributed by atoms with Gasteiger partial charge in [-0.3, -0.25) is 14.9 Å². The Balaban J connectivity index is 2.18. The van der Waals surface area contributed by atoms with Gasteiger partial charge in [0, 0.05) is 17.7 Å². The van der Waals surface area contributed by atoms with E-state index in [2.05, 4.69) is 12.2 Å². The van der Waals surface area contributed by atoms with Crippen LogP contribution in [0.5, 0.6) is 0 Å². The molecule has 0 spiro atoms. The van der Waals surface area contributed by atoms with Crippen LogP contribution in [0.3, 0.4) is 0 Å². The van der Waals surface area contributed by atoms with Crippen molar-refractivity contribution in [2.75, 3.05) is 5.32 Å². The molecule has 6 nitrogen and oxygen atoms in total. The van der Waals surface area contributed by atoms with E-state index in [0.29, 0.717) is 5.69 Å². The van der Waals surface area contributed by atoms with E-state index in [1.807, 2.05) is 0 Å². The summed E-state index contributed by atoms with van der Waals surface area (Å²) < 4.78 is 0. The lowest BCUT2D eigenvalue weighted by Crippen LogP contribution is -2.25. The molecule has 1 aliphatic carbocycles. The van der Waals surface area contributed by atoms with Crippen molar-refractivity contribution < 1.29 is 9.72 Å². The molecule has 0 unspecified atom stereocenters. The Morgan fingerprint density at radius 1 is 1.35 bits per heavy atom. The first kappa shape index (κ1) is 14.3. The number of benzene rings is 1. The maximum absolute atomic E-state index is 11.1. The standard InChI is InChI=1S/C14H19N3O3/c1-9-2-5-11(6-3-9)16-12-7-4-10(14(15)18)8-13(12)17(19)20/h4,7-9,11,16H,2-3,5-6H2,1H3,(H2,15,18). The summed E-state index contributed by atoms with van der Waals surface area (Å²) >= 11 is 0. The molecule has 0 heterocycles. The van der Waals surface area contributed by atoms with Gasteiger partial charge in [0.15, 0.2) is 0 Å². The smallest absolute Gasteiger partial charge is 0.293 e. The van der Waals surface area contributed by atoms with Crippen LogP contribution in [0.2, 0.25) is 0 Å². The molecule has 1 saturated carbocycles. The summed E-state index contributed by atoms with van der Waals surface area (Å²) in [5, 5.41) is 14.3. The van der Waals surface area contributed by atoms with Gasteiger partial charge in [-0.2, -0.15) is 0 Å². The third-order valence-electron chi connectivity index (χ3n) is 3.85. The molecule has 0 aliphatic heterocycles. The average molecular weight is 277 g/mol. The topological polar surface area (TPSA) is 98.3 Å². The number of nitro groups is 1. The van der Waals surface area contributed by atoms with E-state index in [-0.39, 0.29) is 17.3 Å². The normalized spacial score (nSPS) is 22.2. The zero-order valence-electron chi connectivity index (χ0n) is 11.5. The number of hydrogen-bond acceptors (Lipinski definition) is 4. The van der Waals surface area contributed by atoms with Crippen LogP contribution in [0.25, 0.3) is 0 Å². The molecule has 0 radical (unpaired) electrons. The van der Waals surface area contributed by atoms with Crippen LogP contribution >= 0.6 is 0 Å². The van der Waals surface area contributed by atoms with Crippen molar-refractivity contribution in [1.29, 1.82) is 0 Å². The number of nitrogens with zero attached hydrogens (tertiary/aromatic N) is 1. The van der Waals surface area contributed by atoms with Crippen molar-refractivity contribution >= 4 is 17.3 Å². The number of nitro benzene ring substituents is 1. The minimum absolute atomic E-state index is 0.0973. The predicted molar refractivity (Wildman–Crippen MR) is 76.7 cm³/mol. The number of nitrogens with one attached hydrogen (secondary N) is 1. The Labute approximate surface area is 117 Å². The lowest BCUT2D eigenvalue weighted by Gasteiger charge is -2.27. The van der Waals surface area contributed by atoms with E-state index in [1.165, 1.54) is 12.1 Å². The van der Waals surface area contributed by atoms with Crippen molar-refractivity contribution in [3.63, 3.8) is 0 Å². The molecule has 0 bridgehead atoms. The molecule has 20 heavy (non-hydrogen) atoms. The molecule has 108 valence electrons. The SMILES string of the molecule is CC1CCC(Nc2ccc(C(N)=O)cc2[N+](=O)[O-])CC1. The molecule has 2 rings (SSSR count). The predicted octanol–water partition coefficient (Wildman–Crippen LogP) is 2.68. The summed E-state index contributed by atoms with van der Waals surface area (Å²) in [4.78, 5) is 21.7. The monoisotopic (exact) mass is 277 g/mol. The van der Waals surface area contributed by atoms with Crippen LogP contribution in [0.1, 0.15) is 43.0 Å². The summed E-state index contributed by atoms with van der Waals surface area (Å²) in [7, 11) is 0. The fourth-order valence-corrected chi connectivity index (χ4v) is 2.58. The summed E-state index contributed by atoms with van der Waals surface area (Å²) in [6.07, 6.45) is 4.28. The van der Waals surface area contributed by atoms with E-state index in [4.69, 9.17) is 5.73 Å². The molecule has 1 aliphatic rings. The third-order valence-corrected chi connectivity index (χ3v) is 3.85. The van der Waals surface area contributed by atoms with Gasteiger partial charge in [0.2, 0.25) is 5.91 Å². The highest BCUT2D eigenvalue weighted by atomic mass is 16.6. The Bertz CT molecular complexity index is 522. The maximum atomic E-state index is 11.1. The molecule has 3 N–H and O–H groups in total. The van der Waals surface area contributed by atoms with Crippen LogP contribution in [-0.2, 0) is 0 Å². The Kier molecular flexibility index (Phi) is 4.22. The van der Waals surface area contributed by atoms with Gasteiger partial charge in [-0.1, -0.05) is 6.92 Å². The summed E-state index contributed by atoms with van der Waals surface area (Å²) in [5.74, 6) is 0.0615. The Morgan fingerprint density at radius 2 is 2.00 bits per heavy atom. The van der Waals surface area contributed by atoms with Gasteiger partial charge in [0.05, 0.1) is 4.92 Å². The number of rotatable bonds is 4. The molecular formula is C14H19N3O3. The van der Waals surface area contributed by atoms with Crippen LogP contribution in [0, 0.1) is 16.0 Å². The van der Waals surface area contributed by atoms with E-state index in [9.17, 15) is 14.9 Å². The van der Waals surface area contributed by atoms with Crippen LogP contribution in [0.15, 0.2) is 18.2 Å². The van der Waals surface area contributed by atoms with E-state index >= 15 is 0 Å². The average Bonchev–Trinajstić information content (AvgIpc) is 2.41. The second-order valence-corrected chi connectivity index (χ2v) is 5.45. The maximum Gasteiger partial charge on any atom is 0.293 e. The first-order valence-corrected chi connectivity index (χ1v) is 6.82. The van der Waals surface area contributed by atoms with Crippen molar-refractivity contribution in [2.45, 2.75) is 38.6 Å². The highest BCUT2D eigenvalue weighted by Crippen LogP contribution is 2.30. The number of carbonyl (C=O) groups excluding carboxylic acids is 1. The van der Waals surface area contributed by atoms with E-state index in [0.717, 1.165) is 31.6 Å². The van der Waals surface area contributed by atoms with Gasteiger partial charge in [-0.25, -0.2) is 0 Å². The number of anilines is 1. The highest BCUT2D eigenvalue weighted by Gasteiger charge is 2.22. The molecule has 1 amide bonds. The lowest BCUT2D eigenvalue weighted by atomic mass is 9.87. The first-order chi connectivity index (χ1) is 9.47. The zero-order valence-corrected chi connectivity index (χ0v) is 11.5. The minimum atomic E-state index is -0.661. The van der Waals surface area contributed by atoms with Gasteiger partial charge >= 0.3 is 0 Å². The van der Waals surface area contributed by atoms with Gasteiger partial charge < -0.3 is 11.1 Å². The molecule has 6 heteroatoms. The largest absolute Gasteiger partial charge is 0.377 e. The number of carbonyl (C=O) groups is 1. The molecule has 0 atom stereocenters. The molecule has 1 fully saturated rings. The van der Waals surface area contributed by atoms with Crippen molar-refractivity contribution in [3.05, 3.63) is 33.9 Å². The highest BCUT2D eigenvalue weighted by molar-refractivity contribution is 5.94. The Morgan fingerprint density at radius 3 is 2.55 bits per heavy atom. The van der Waals surface area contributed by atoms with Gasteiger partial charge in [0.25, 0.3) is 5.69 Å². The summed E-state index contributed by atoms with van der Waals surface area (Å²) in [6.45, 7) is 2.22. The van der Waals surface area contributed by atoms with Gasteiger partial charge in [-0.15, -0.1) is 0 Å². The van der Waals surface area contributed by atoms with Crippen molar-refractivity contribution in [3.8, 4) is 0 Å². The quantitative estimate of drug-likeness (QED) is 0.653. The van der Waals surface area contributed by atoms with E-state index < -0.39 is 10.8 Å². The lowest BCUT2D eigenvalue weighted by molar-refractivity contribution is -0.384. The van der Waals surface area contributed by atoms with Crippen LogP contribution in [-0.4, -0.2) is 16.9 Å². The molecular weight excluding hydrogens is 258 g/mol. The van der Waals surface area contributed by atoms with Gasteiger partial charge in [-0.05, 0) is 43.7 Å². The molecule has 0 aromatic heterocycles. The van der Waals surface area contributed by atoms with Crippen LogP contribution in [0.4, 0.5) is 11.4 Å². The Hall–Kier alpha value is -2.11. The second kappa shape index (κ2) is 5.90. The summed E-state index contributed by atoms with van der Waals surface area (Å²) in [5.41, 5.74) is 5.66. The number of hydrogen-bond donors (Lipinski definition) is 2. The number of primary amides is 1. The van der Waals surface area contributed by atoms with Gasteiger partial charge in [0.1, 0.15) is 5.69 Å². The number of amides is 1. The number of nitrogens with two attached hydrogens (primary N) is 1. The van der Waals surface area contributed by atoms with Crippen LogP contribution < -0.4 is 11.1 Å². The van der Waals surface area contributed by atoms with Crippen molar-refractivity contribution in [1.82, 2.24) is 0 Å². The zero-order chi connectivity index (χ0) is 14.7. The van der Waals surface area contributed by atoms with E-state index in [1.54, 1.807) is 6.07 Å². The fraction of sp³-hybridized carbons (Fsp3) is 0.500. The molecule has 1 aromatic carbocycles. The molecule has 0 saturated heterocycles. The molecule has 1 aromatic rings.